The van der Waals surface area contributed by atoms with E-state index in [0.717, 1.165) is 5.92 Å². The van der Waals surface area contributed by atoms with Crippen molar-refractivity contribution in [1.82, 2.24) is 5.32 Å². The minimum absolute atomic E-state index is 0.180. The van der Waals surface area contributed by atoms with Crippen molar-refractivity contribution < 1.29 is 4.39 Å². The lowest BCUT2D eigenvalue weighted by atomic mass is 9.99. The molecule has 2 rings (SSSR count). The molecule has 0 saturated heterocycles. The van der Waals surface area contributed by atoms with Gasteiger partial charge in [-0.05, 0) is 43.9 Å². The molecule has 1 saturated carbocycles. The normalized spacial score (nSPS) is 18.5. The minimum Gasteiger partial charge on any atom is -0.310 e. The summed E-state index contributed by atoms with van der Waals surface area (Å²) in [6, 6.07) is 5.17. The van der Waals surface area contributed by atoms with Crippen LogP contribution in [0.15, 0.2) is 18.2 Å². The van der Waals surface area contributed by atoms with Gasteiger partial charge in [-0.15, -0.1) is 0 Å². The maximum atomic E-state index is 13.5. The zero-order valence-corrected chi connectivity index (χ0v) is 10.9. The molecule has 0 aromatic heterocycles. The van der Waals surface area contributed by atoms with Crippen LogP contribution in [-0.2, 0) is 6.54 Å². The summed E-state index contributed by atoms with van der Waals surface area (Å²) in [7, 11) is 0. The average molecular weight is 256 g/mol. The smallest absolute Gasteiger partial charge is 0.127 e. The summed E-state index contributed by atoms with van der Waals surface area (Å²) in [5, 5.41) is 4.00. The highest BCUT2D eigenvalue weighted by molar-refractivity contribution is 6.30. The van der Waals surface area contributed by atoms with Crippen molar-refractivity contribution in [2.45, 2.75) is 45.2 Å². The Morgan fingerprint density at radius 2 is 2.12 bits per heavy atom. The molecule has 0 aliphatic heterocycles. The van der Waals surface area contributed by atoms with Crippen molar-refractivity contribution in [1.29, 1.82) is 0 Å². The quantitative estimate of drug-likeness (QED) is 0.852. The molecule has 1 aliphatic rings. The summed E-state index contributed by atoms with van der Waals surface area (Å²) in [5.74, 6) is 0.567. The topological polar surface area (TPSA) is 12.0 Å². The molecular formula is C14H19ClFN. The largest absolute Gasteiger partial charge is 0.310 e. The van der Waals surface area contributed by atoms with Crippen LogP contribution in [0, 0.1) is 11.7 Å². The minimum atomic E-state index is -0.180. The van der Waals surface area contributed by atoms with Gasteiger partial charge in [0.15, 0.2) is 0 Å². The molecule has 0 bridgehead atoms. The molecule has 1 fully saturated rings. The van der Waals surface area contributed by atoms with Crippen molar-refractivity contribution in [3.05, 3.63) is 34.6 Å². The van der Waals surface area contributed by atoms with Crippen LogP contribution in [0.1, 0.15) is 38.2 Å². The van der Waals surface area contributed by atoms with Crippen LogP contribution in [0.3, 0.4) is 0 Å². The molecule has 1 nitrogen and oxygen atoms in total. The SMILES string of the molecule is CC(NCc1cc(Cl)ccc1F)C1CCCC1. The van der Waals surface area contributed by atoms with Crippen molar-refractivity contribution in [3.63, 3.8) is 0 Å². The number of halogens is 2. The van der Waals surface area contributed by atoms with Crippen molar-refractivity contribution in [3.8, 4) is 0 Å². The molecule has 1 aromatic rings. The maximum Gasteiger partial charge on any atom is 0.127 e. The molecule has 0 radical (unpaired) electrons. The van der Waals surface area contributed by atoms with Crippen LogP contribution in [0.2, 0.25) is 5.02 Å². The van der Waals surface area contributed by atoms with E-state index in [0.29, 0.717) is 23.2 Å². The Kier molecular flexibility index (Phi) is 4.41. The summed E-state index contributed by atoms with van der Waals surface area (Å²) < 4.78 is 13.5. The zero-order valence-electron chi connectivity index (χ0n) is 10.2. The third kappa shape index (κ3) is 3.43. The monoisotopic (exact) mass is 255 g/mol. The predicted octanol–water partition coefficient (Wildman–Crippen LogP) is 4.15. The Morgan fingerprint density at radius 3 is 2.82 bits per heavy atom. The number of hydrogen-bond donors (Lipinski definition) is 1. The lowest BCUT2D eigenvalue weighted by molar-refractivity contribution is 0.378. The summed E-state index contributed by atoms with van der Waals surface area (Å²) in [6.45, 7) is 2.75. The third-order valence-electron chi connectivity index (χ3n) is 3.73. The van der Waals surface area contributed by atoms with E-state index in [9.17, 15) is 4.39 Å². The Hall–Kier alpha value is -0.600. The molecule has 1 N–H and O–H groups in total. The van der Waals surface area contributed by atoms with Gasteiger partial charge in [0.2, 0.25) is 0 Å². The summed E-state index contributed by atoms with van der Waals surface area (Å²) in [4.78, 5) is 0. The first-order valence-corrected chi connectivity index (χ1v) is 6.72. The summed E-state index contributed by atoms with van der Waals surface area (Å²) >= 11 is 5.86. The second kappa shape index (κ2) is 5.83. The Bertz CT molecular complexity index is 374. The van der Waals surface area contributed by atoms with Crippen LogP contribution in [0.25, 0.3) is 0 Å². The van der Waals surface area contributed by atoms with E-state index in [2.05, 4.69) is 12.2 Å². The Labute approximate surface area is 107 Å². The molecule has 0 spiro atoms. The van der Waals surface area contributed by atoms with Crippen molar-refractivity contribution >= 4 is 11.6 Å². The fraction of sp³-hybridized carbons (Fsp3) is 0.571. The summed E-state index contributed by atoms with van der Waals surface area (Å²) in [5.41, 5.74) is 0.655. The maximum absolute atomic E-state index is 13.5. The van der Waals surface area contributed by atoms with E-state index in [4.69, 9.17) is 11.6 Å². The van der Waals surface area contributed by atoms with Gasteiger partial charge in [-0.3, -0.25) is 0 Å². The molecule has 1 aliphatic carbocycles. The van der Waals surface area contributed by atoms with Crippen LogP contribution >= 0.6 is 11.6 Å². The number of hydrogen-bond acceptors (Lipinski definition) is 1. The highest BCUT2D eigenvalue weighted by atomic mass is 35.5. The van der Waals surface area contributed by atoms with Gasteiger partial charge in [0.25, 0.3) is 0 Å². The predicted molar refractivity (Wildman–Crippen MR) is 69.7 cm³/mol. The van der Waals surface area contributed by atoms with Gasteiger partial charge in [0.1, 0.15) is 5.82 Å². The number of benzene rings is 1. The molecule has 0 amide bonds. The zero-order chi connectivity index (χ0) is 12.3. The second-order valence-corrected chi connectivity index (χ2v) is 5.39. The first-order valence-electron chi connectivity index (χ1n) is 6.34. The Morgan fingerprint density at radius 1 is 1.41 bits per heavy atom. The highest BCUT2D eigenvalue weighted by Crippen LogP contribution is 2.27. The van der Waals surface area contributed by atoms with E-state index in [-0.39, 0.29) is 5.82 Å². The van der Waals surface area contributed by atoms with Gasteiger partial charge in [0, 0.05) is 23.2 Å². The molecule has 94 valence electrons. The standard InChI is InChI=1S/C14H19ClFN/c1-10(11-4-2-3-5-11)17-9-12-8-13(15)6-7-14(12)16/h6-8,10-11,17H,2-5,9H2,1H3. The van der Waals surface area contributed by atoms with E-state index in [1.807, 2.05) is 0 Å². The molecule has 0 heterocycles. The van der Waals surface area contributed by atoms with Crippen LogP contribution < -0.4 is 5.32 Å². The van der Waals surface area contributed by atoms with Crippen molar-refractivity contribution in [2.24, 2.45) is 5.92 Å². The van der Waals surface area contributed by atoms with E-state index >= 15 is 0 Å². The van der Waals surface area contributed by atoms with Gasteiger partial charge >= 0.3 is 0 Å². The fourth-order valence-electron chi connectivity index (χ4n) is 2.57. The van der Waals surface area contributed by atoms with Crippen LogP contribution in [-0.4, -0.2) is 6.04 Å². The van der Waals surface area contributed by atoms with Crippen LogP contribution in [0.5, 0.6) is 0 Å². The molecule has 1 aromatic carbocycles. The van der Waals surface area contributed by atoms with E-state index in [1.54, 1.807) is 12.1 Å². The van der Waals surface area contributed by atoms with Crippen LogP contribution in [0.4, 0.5) is 4.39 Å². The lowest BCUT2D eigenvalue weighted by Crippen LogP contribution is -2.32. The third-order valence-corrected chi connectivity index (χ3v) is 3.96. The summed E-state index contributed by atoms with van der Waals surface area (Å²) in [6.07, 6.45) is 5.27. The molecule has 1 atom stereocenters. The van der Waals surface area contributed by atoms with Gasteiger partial charge in [0.05, 0.1) is 0 Å². The molecule has 3 heteroatoms. The number of nitrogens with one attached hydrogen (secondary N) is 1. The average Bonchev–Trinajstić information content (AvgIpc) is 2.83. The van der Waals surface area contributed by atoms with Gasteiger partial charge in [-0.2, -0.15) is 0 Å². The highest BCUT2D eigenvalue weighted by Gasteiger charge is 2.21. The van der Waals surface area contributed by atoms with Gasteiger partial charge in [-0.1, -0.05) is 24.4 Å². The van der Waals surface area contributed by atoms with E-state index in [1.165, 1.54) is 31.7 Å². The molecule has 17 heavy (non-hydrogen) atoms. The van der Waals surface area contributed by atoms with Gasteiger partial charge < -0.3 is 5.32 Å². The first kappa shape index (κ1) is 12.8. The Balaban J connectivity index is 1.90. The van der Waals surface area contributed by atoms with Crippen molar-refractivity contribution in [2.75, 3.05) is 0 Å². The molecular weight excluding hydrogens is 237 g/mol. The lowest BCUT2D eigenvalue weighted by Gasteiger charge is -2.20. The second-order valence-electron chi connectivity index (χ2n) is 4.95. The van der Waals surface area contributed by atoms with E-state index < -0.39 is 0 Å². The number of rotatable bonds is 4. The molecule has 1 unspecified atom stereocenters. The first-order chi connectivity index (χ1) is 8.16. The van der Waals surface area contributed by atoms with Gasteiger partial charge in [-0.25, -0.2) is 4.39 Å². The fourth-order valence-corrected chi connectivity index (χ4v) is 2.77.